The number of halogens is 1. The molecule has 0 aliphatic rings. The van der Waals surface area contributed by atoms with Gasteiger partial charge < -0.3 is 4.55 Å². The summed E-state index contributed by atoms with van der Waals surface area (Å²) in [6.07, 6.45) is 0.364. The molecule has 7 heteroatoms. The van der Waals surface area contributed by atoms with Crippen molar-refractivity contribution in [3.8, 4) is 0 Å². The molecule has 0 N–H and O–H groups in total. The summed E-state index contributed by atoms with van der Waals surface area (Å²) in [6, 6.07) is 0. The van der Waals surface area contributed by atoms with E-state index in [1.807, 2.05) is 0 Å². The Morgan fingerprint density at radius 2 is 2.00 bits per heavy atom. The Balaban J connectivity index is 0. The quantitative estimate of drug-likeness (QED) is 0.159. The smallest absolute Gasteiger partial charge is 0.726 e. The van der Waals surface area contributed by atoms with Gasteiger partial charge in [0, 0.05) is 5.88 Å². The van der Waals surface area contributed by atoms with Crippen LogP contribution in [0.15, 0.2) is 0 Å². The predicted molar refractivity (Wildman–Crippen MR) is 31.0 cm³/mol. The van der Waals surface area contributed by atoms with E-state index in [9.17, 15) is 13.0 Å². The molecular weight excluding hydrogens is 191 g/mol. The summed E-state index contributed by atoms with van der Waals surface area (Å²) in [5.74, 6) is 0.287. The maximum absolute atomic E-state index is 9.69. The molecule has 0 aromatic heterocycles. The Morgan fingerprint density at radius 3 is 2.30 bits per heavy atom. The topological polar surface area (TPSA) is 66.4 Å². The van der Waals surface area contributed by atoms with E-state index in [1.165, 1.54) is 0 Å². The van der Waals surface area contributed by atoms with Crippen LogP contribution in [0.4, 0.5) is 0 Å². The van der Waals surface area contributed by atoms with Crippen molar-refractivity contribution < 1.29 is 46.7 Å². The van der Waals surface area contributed by atoms with Crippen LogP contribution in [0.5, 0.6) is 0 Å². The van der Waals surface area contributed by atoms with Gasteiger partial charge in [-0.15, -0.1) is 11.6 Å². The van der Waals surface area contributed by atoms with Gasteiger partial charge in [0.2, 0.25) is 10.4 Å². The van der Waals surface area contributed by atoms with Gasteiger partial charge in [-0.1, -0.05) is 0 Å². The van der Waals surface area contributed by atoms with Crippen molar-refractivity contribution in [2.75, 3.05) is 12.5 Å². The summed E-state index contributed by atoms with van der Waals surface area (Å²) >= 11 is 5.15. The summed E-state index contributed by atoms with van der Waals surface area (Å²) in [7, 11) is -4.51. The molecule has 0 rings (SSSR count). The summed E-state index contributed by atoms with van der Waals surface area (Å²) in [5, 5.41) is 0. The Kier molecular flexibility index (Phi) is 9.40. The van der Waals surface area contributed by atoms with Crippen molar-refractivity contribution in [2.24, 2.45) is 0 Å². The molecule has 0 saturated carbocycles. The van der Waals surface area contributed by atoms with E-state index >= 15 is 0 Å². The van der Waals surface area contributed by atoms with Crippen molar-refractivity contribution in [3.05, 3.63) is 0 Å². The molecule has 4 nitrogen and oxygen atoms in total. The van der Waals surface area contributed by atoms with Crippen LogP contribution in [0.1, 0.15) is 6.42 Å². The summed E-state index contributed by atoms with van der Waals surface area (Å²) in [4.78, 5) is 0. The van der Waals surface area contributed by atoms with Crippen LogP contribution in [-0.4, -0.2) is 25.5 Å². The molecule has 0 aliphatic carbocycles. The molecule has 0 atom stereocenters. The molecule has 0 aliphatic heterocycles. The van der Waals surface area contributed by atoms with Crippen LogP contribution in [0.2, 0.25) is 0 Å². The second-order valence-electron chi connectivity index (χ2n) is 1.27. The molecule has 0 bridgehead atoms. The first-order valence-electron chi connectivity index (χ1n) is 2.22. The monoisotopic (exact) mass is 196 g/mol. The molecule has 10 heavy (non-hydrogen) atoms. The molecule has 0 spiro atoms. The van der Waals surface area contributed by atoms with Crippen LogP contribution in [-0.2, 0) is 14.6 Å². The van der Waals surface area contributed by atoms with Gasteiger partial charge in [0.25, 0.3) is 0 Å². The average molecular weight is 197 g/mol. The van der Waals surface area contributed by atoms with Gasteiger partial charge in [-0.2, -0.15) is 0 Å². The van der Waals surface area contributed by atoms with Crippen molar-refractivity contribution in [2.45, 2.75) is 6.42 Å². The zero-order valence-electron chi connectivity index (χ0n) is 5.54. The Labute approximate surface area is 87.1 Å². The van der Waals surface area contributed by atoms with Gasteiger partial charge in [-0.05, 0) is 6.42 Å². The fourth-order valence-corrected chi connectivity index (χ4v) is 0.647. The Morgan fingerprint density at radius 1 is 1.50 bits per heavy atom. The molecule has 0 unspecified atom stereocenters. The third-order valence-electron chi connectivity index (χ3n) is 0.506. The molecule has 0 saturated heterocycles. The first-order valence-corrected chi connectivity index (χ1v) is 4.09. The van der Waals surface area contributed by atoms with Crippen molar-refractivity contribution in [3.63, 3.8) is 0 Å². The Hall–Kier alpha value is 1.16. The van der Waals surface area contributed by atoms with Gasteiger partial charge in [-0.3, -0.25) is 4.18 Å². The van der Waals surface area contributed by atoms with Crippen LogP contribution < -0.4 is 29.6 Å². The van der Waals surface area contributed by atoms with Crippen LogP contribution in [0, 0.1) is 0 Å². The molecule has 0 heterocycles. The molecule has 56 valence electrons. The largest absolute Gasteiger partial charge is 1.00 e. The molecule has 0 fully saturated rings. The minimum absolute atomic E-state index is 0. The van der Waals surface area contributed by atoms with Crippen LogP contribution >= 0.6 is 11.6 Å². The van der Waals surface area contributed by atoms with Crippen molar-refractivity contribution in [1.29, 1.82) is 0 Å². The van der Waals surface area contributed by atoms with E-state index in [0.717, 1.165) is 0 Å². The third kappa shape index (κ3) is 11.9. The van der Waals surface area contributed by atoms with Gasteiger partial charge in [-0.25, -0.2) is 8.42 Å². The molecule has 0 amide bonds. The normalized spacial score (nSPS) is 10.6. The van der Waals surface area contributed by atoms with E-state index in [4.69, 9.17) is 11.6 Å². The zero-order valence-corrected chi connectivity index (χ0v) is 9.11. The minimum Gasteiger partial charge on any atom is -0.726 e. The van der Waals surface area contributed by atoms with Gasteiger partial charge in [0.05, 0.1) is 6.61 Å². The van der Waals surface area contributed by atoms with E-state index in [-0.39, 0.29) is 42.0 Å². The number of alkyl halides is 1. The number of hydrogen-bond acceptors (Lipinski definition) is 4. The third-order valence-corrected chi connectivity index (χ3v) is 1.23. The van der Waals surface area contributed by atoms with E-state index in [1.54, 1.807) is 0 Å². The van der Waals surface area contributed by atoms with Gasteiger partial charge in [0.1, 0.15) is 0 Å². The van der Waals surface area contributed by atoms with E-state index in [0.29, 0.717) is 6.42 Å². The van der Waals surface area contributed by atoms with Crippen LogP contribution in [0.3, 0.4) is 0 Å². The fourth-order valence-electron chi connectivity index (χ4n) is 0.216. The minimum atomic E-state index is -4.51. The molecular formula is C3H6ClNaO4S. The SMILES string of the molecule is O=S(=O)([O-])OCCCCl.[Na+]. The van der Waals surface area contributed by atoms with Crippen molar-refractivity contribution >= 4 is 22.0 Å². The summed E-state index contributed by atoms with van der Waals surface area (Å²) in [5.41, 5.74) is 0. The van der Waals surface area contributed by atoms with E-state index < -0.39 is 10.4 Å². The fraction of sp³-hybridized carbons (Fsp3) is 1.00. The average Bonchev–Trinajstić information content (AvgIpc) is 1.63. The molecule has 0 aromatic rings. The van der Waals surface area contributed by atoms with Crippen LogP contribution in [0.25, 0.3) is 0 Å². The second-order valence-corrected chi connectivity index (χ2v) is 2.70. The maximum atomic E-state index is 9.69. The standard InChI is InChI=1S/C3H7ClO4S.Na/c4-2-1-3-8-9(5,6)7;/h1-3H2,(H,5,6,7);/q;+1/p-1. The van der Waals surface area contributed by atoms with E-state index in [2.05, 4.69) is 4.18 Å². The first kappa shape index (κ1) is 13.7. The number of hydrogen-bond donors (Lipinski definition) is 0. The predicted octanol–water partition coefficient (Wildman–Crippen LogP) is -2.90. The van der Waals surface area contributed by atoms with Crippen molar-refractivity contribution in [1.82, 2.24) is 0 Å². The zero-order chi connectivity index (χ0) is 7.33. The summed E-state index contributed by atoms with van der Waals surface area (Å²) in [6.45, 7) is -0.130. The first-order chi connectivity index (χ1) is 4.06. The molecule has 0 aromatic carbocycles. The maximum Gasteiger partial charge on any atom is 1.00 e. The van der Waals surface area contributed by atoms with Gasteiger partial charge >= 0.3 is 29.6 Å². The molecule has 0 radical (unpaired) electrons. The number of rotatable bonds is 4. The van der Waals surface area contributed by atoms with Gasteiger partial charge in [0.15, 0.2) is 0 Å². The second kappa shape index (κ2) is 6.84. The Bertz CT molecular complexity index is 156. The summed E-state index contributed by atoms with van der Waals surface area (Å²) < 4.78 is 32.9.